The van der Waals surface area contributed by atoms with E-state index >= 15 is 0 Å². The normalized spacial score (nSPS) is 15.9. The van der Waals surface area contributed by atoms with E-state index in [1.165, 1.54) is 24.3 Å². The quantitative estimate of drug-likeness (QED) is 0.292. The molecule has 3 nitrogen and oxygen atoms in total. The van der Waals surface area contributed by atoms with E-state index in [-0.39, 0.29) is 11.1 Å². The van der Waals surface area contributed by atoms with Gasteiger partial charge in [-0.1, -0.05) is 43.3 Å². The van der Waals surface area contributed by atoms with Crippen LogP contribution < -0.4 is 4.74 Å². The van der Waals surface area contributed by atoms with Gasteiger partial charge < -0.3 is 9.84 Å². The number of halogens is 6. The smallest absolute Gasteiger partial charge is 0.416 e. The first-order chi connectivity index (χ1) is 18.4. The van der Waals surface area contributed by atoms with Gasteiger partial charge in [-0.2, -0.15) is 26.3 Å². The summed E-state index contributed by atoms with van der Waals surface area (Å²) in [6.45, 7) is 4.34. The molecule has 1 aliphatic heterocycles. The highest BCUT2D eigenvalue weighted by atomic mass is 19.4. The maximum atomic E-state index is 13.5. The molecule has 1 fully saturated rings. The summed E-state index contributed by atoms with van der Waals surface area (Å²) in [4.78, 5) is 2.16. The molecular weight excluding hydrogens is 520 g/mol. The fraction of sp³-hybridized carbons (Fsp3) is 0.400. The Hall–Kier alpha value is -3.04. The van der Waals surface area contributed by atoms with Gasteiger partial charge in [-0.15, -0.1) is 0 Å². The van der Waals surface area contributed by atoms with Crippen LogP contribution in [0.3, 0.4) is 0 Å². The average Bonchev–Trinajstić information content (AvgIpc) is 2.92. The number of alkyl halides is 6. The van der Waals surface area contributed by atoms with Gasteiger partial charge in [-0.3, -0.25) is 4.90 Å². The number of aliphatic hydroxyl groups is 1. The zero-order valence-electron chi connectivity index (χ0n) is 21.5. The van der Waals surface area contributed by atoms with E-state index in [1.807, 2.05) is 31.2 Å². The van der Waals surface area contributed by atoms with Crippen LogP contribution in [0.25, 0.3) is 0 Å². The lowest BCUT2D eigenvalue weighted by Crippen LogP contribution is -2.44. The third-order valence-corrected chi connectivity index (χ3v) is 7.24. The van der Waals surface area contributed by atoms with Crippen molar-refractivity contribution in [3.8, 4) is 5.75 Å². The zero-order chi connectivity index (χ0) is 28.3. The highest BCUT2D eigenvalue weighted by Gasteiger charge is 2.44. The third kappa shape index (κ3) is 6.76. The van der Waals surface area contributed by atoms with Gasteiger partial charge in [0.15, 0.2) is 0 Å². The number of ether oxygens (including phenoxy) is 1. The molecule has 3 aromatic rings. The molecule has 0 aliphatic carbocycles. The molecule has 1 saturated heterocycles. The molecule has 210 valence electrons. The Bertz CT molecular complexity index is 1170. The Morgan fingerprint density at radius 2 is 1.26 bits per heavy atom. The first-order valence-corrected chi connectivity index (χ1v) is 12.9. The summed E-state index contributed by atoms with van der Waals surface area (Å²) < 4.78 is 86.7. The second-order valence-corrected chi connectivity index (χ2v) is 9.97. The van der Waals surface area contributed by atoms with Crippen molar-refractivity contribution in [2.24, 2.45) is 5.92 Å². The fourth-order valence-corrected chi connectivity index (χ4v) is 5.18. The Morgan fingerprint density at radius 1 is 0.769 bits per heavy atom. The van der Waals surface area contributed by atoms with E-state index < -0.39 is 35.0 Å². The molecule has 1 heterocycles. The van der Waals surface area contributed by atoms with E-state index in [2.05, 4.69) is 4.90 Å². The molecule has 0 amide bonds. The molecule has 0 saturated carbocycles. The maximum absolute atomic E-state index is 13.5. The molecule has 1 N–H and O–H groups in total. The van der Waals surface area contributed by atoms with Crippen molar-refractivity contribution in [2.75, 3.05) is 19.7 Å². The Balaban J connectivity index is 1.59. The molecule has 0 atom stereocenters. The van der Waals surface area contributed by atoms with Crippen molar-refractivity contribution in [3.05, 3.63) is 101 Å². The SMILES string of the molecule is CCCOc1ccc(CN2CCC(C(O)(c3cccc(C(F)(F)F)c3)c3cccc(C(F)(F)F)c3)CC2)cc1. The predicted molar refractivity (Wildman–Crippen MR) is 136 cm³/mol. The minimum Gasteiger partial charge on any atom is -0.494 e. The number of benzene rings is 3. The largest absolute Gasteiger partial charge is 0.494 e. The summed E-state index contributed by atoms with van der Waals surface area (Å²) in [5.41, 5.74) is -3.05. The van der Waals surface area contributed by atoms with Crippen LogP contribution in [0, 0.1) is 5.92 Å². The second kappa shape index (κ2) is 11.6. The lowest BCUT2D eigenvalue weighted by Gasteiger charge is -2.42. The topological polar surface area (TPSA) is 32.7 Å². The van der Waals surface area contributed by atoms with Gasteiger partial charge in [-0.25, -0.2) is 0 Å². The molecule has 0 aromatic heterocycles. The van der Waals surface area contributed by atoms with Gasteiger partial charge >= 0.3 is 12.4 Å². The third-order valence-electron chi connectivity index (χ3n) is 7.24. The minimum atomic E-state index is -4.66. The van der Waals surface area contributed by atoms with E-state index in [1.54, 1.807) is 0 Å². The molecular formula is C30H31F6NO2. The predicted octanol–water partition coefficient (Wildman–Crippen LogP) is 7.66. The van der Waals surface area contributed by atoms with Crippen LogP contribution in [0.4, 0.5) is 26.3 Å². The second-order valence-electron chi connectivity index (χ2n) is 9.97. The van der Waals surface area contributed by atoms with E-state index in [4.69, 9.17) is 4.74 Å². The number of hydrogen-bond donors (Lipinski definition) is 1. The average molecular weight is 552 g/mol. The first-order valence-electron chi connectivity index (χ1n) is 12.9. The summed E-state index contributed by atoms with van der Waals surface area (Å²) in [6.07, 6.45) is -7.64. The molecule has 0 unspecified atom stereocenters. The molecule has 0 bridgehead atoms. The van der Waals surface area contributed by atoms with Gasteiger partial charge in [0.1, 0.15) is 11.4 Å². The number of hydrogen-bond acceptors (Lipinski definition) is 3. The summed E-state index contributed by atoms with van der Waals surface area (Å²) in [5, 5.41) is 12.1. The molecule has 3 aromatic carbocycles. The fourth-order valence-electron chi connectivity index (χ4n) is 5.18. The van der Waals surface area contributed by atoms with Crippen LogP contribution >= 0.6 is 0 Å². The summed E-state index contributed by atoms with van der Waals surface area (Å²) in [7, 11) is 0. The van der Waals surface area contributed by atoms with Crippen molar-refractivity contribution in [2.45, 2.75) is 50.7 Å². The van der Waals surface area contributed by atoms with Crippen LogP contribution in [-0.2, 0) is 24.5 Å². The molecule has 4 rings (SSSR count). The van der Waals surface area contributed by atoms with E-state index in [0.717, 1.165) is 42.0 Å². The summed E-state index contributed by atoms with van der Waals surface area (Å²) >= 11 is 0. The summed E-state index contributed by atoms with van der Waals surface area (Å²) in [5.74, 6) is 0.192. The van der Waals surface area contributed by atoms with Crippen molar-refractivity contribution in [1.29, 1.82) is 0 Å². The van der Waals surface area contributed by atoms with Gasteiger partial charge in [-0.05, 0) is 91.4 Å². The van der Waals surface area contributed by atoms with Crippen molar-refractivity contribution < 1.29 is 36.2 Å². The van der Waals surface area contributed by atoms with Crippen LogP contribution in [0.2, 0.25) is 0 Å². The summed E-state index contributed by atoms with van der Waals surface area (Å²) in [6, 6.07) is 16.3. The van der Waals surface area contributed by atoms with Gasteiger partial charge in [0, 0.05) is 6.54 Å². The molecule has 9 heteroatoms. The van der Waals surface area contributed by atoms with Crippen LogP contribution in [0.5, 0.6) is 5.75 Å². The lowest BCUT2D eigenvalue weighted by molar-refractivity contribution is -0.138. The molecule has 0 spiro atoms. The molecule has 1 aliphatic rings. The minimum absolute atomic E-state index is 0.0715. The van der Waals surface area contributed by atoms with Crippen LogP contribution in [-0.4, -0.2) is 29.7 Å². The number of likely N-dealkylation sites (tertiary alicyclic amines) is 1. The van der Waals surface area contributed by atoms with Crippen molar-refractivity contribution >= 4 is 0 Å². The monoisotopic (exact) mass is 551 g/mol. The van der Waals surface area contributed by atoms with E-state index in [0.29, 0.717) is 39.1 Å². The highest BCUT2D eigenvalue weighted by Crippen LogP contribution is 2.45. The van der Waals surface area contributed by atoms with Crippen LogP contribution in [0.15, 0.2) is 72.8 Å². The van der Waals surface area contributed by atoms with Gasteiger partial charge in [0.05, 0.1) is 17.7 Å². The lowest BCUT2D eigenvalue weighted by atomic mass is 9.71. The Labute approximate surface area is 224 Å². The molecule has 39 heavy (non-hydrogen) atoms. The van der Waals surface area contributed by atoms with E-state index in [9.17, 15) is 31.4 Å². The van der Waals surface area contributed by atoms with Crippen molar-refractivity contribution in [1.82, 2.24) is 4.90 Å². The number of piperidine rings is 1. The Morgan fingerprint density at radius 3 is 1.72 bits per heavy atom. The van der Waals surface area contributed by atoms with Crippen molar-refractivity contribution in [3.63, 3.8) is 0 Å². The molecule has 0 radical (unpaired) electrons. The maximum Gasteiger partial charge on any atom is 0.416 e. The number of nitrogens with zero attached hydrogens (tertiary/aromatic N) is 1. The van der Waals surface area contributed by atoms with Gasteiger partial charge in [0.2, 0.25) is 0 Å². The first kappa shape index (κ1) is 29.0. The standard InChI is InChI=1S/C30H31F6NO2/c1-2-17-39-27-11-9-21(10-12-27)20-37-15-13-22(14-16-37)28(38,23-5-3-7-25(18-23)29(31,32)33)24-6-4-8-26(19-24)30(34,35)36/h3-12,18-19,22,38H,2,13-17,20H2,1H3. The Kier molecular flexibility index (Phi) is 8.61. The highest BCUT2D eigenvalue weighted by molar-refractivity contribution is 5.42. The van der Waals surface area contributed by atoms with Crippen LogP contribution in [0.1, 0.15) is 54.0 Å². The number of rotatable bonds is 8. The zero-order valence-corrected chi connectivity index (χ0v) is 21.5. The van der Waals surface area contributed by atoms with Gasteiger partial charge in [0.25, 0.3) is 0 Å².